The van der Waals surface area contributed by atoms with Crippen LogP contribution in [0.15, 0.2) is 54.6 Å². The standard InChI is InChI=1S/C17H16N6O2/c1-12(24)18-14-8-5-9-15(10-14)19-16(25)11-23-21-17(20-22-23)13-6-3-2-4-7-13/h2-10H,11H2,1H3,(H,18,24)(H,19,25). The summed E-state index contributed by atoms with van der Waals surface area (Å²) in [6.07, 6.45) is 0. The van der Waals surface area contributed by atoms with Crippen molar-refractivity contribution in [3.63, 3.8) is 0 Å². The van der Waals surface area contributed by atoms with Gasteiger partial charge < -0.3 is 10.6 Å². The molecule has 2 aromatic carbocycles. The van der Waals surface area contributed by atoms with Crippen molar-refractivity contribution < 1.29 is 9.59 Å². The van der Waals surface area contributed by atoms with Gasteiger partial charge in [-0.2, -0.15) is 4.80 Å². The van der Waals surface area contributed by atoms with Crippen LogP contribution in [0.4, 0.5) is 11.4 Å². The summed E-state index contributed by atoms with van der Waals surface area (Å²) in [5, 5.41) is 17.4. The molecule has 2 N–H and O–H groups in total. The van der Waals surface area contributed by atoms with Crippen molar-refractivity contribution in [1.29, 1.82) is 0 Å². The lowest BCUT2D eigenvalue weighted by atomic mass is 10.2. The van der Waals surface area contributed by atoms with Crippen molar-refractivity contribution in [1.82, 2.24) is 20.2 Å². The summed E-state index contributed by atoms with van der Waals surface area (Å²) >= 11 is 0. The van der Waals surface area contributed by atoms with Gasteiger partial charge in [0.1, 0.15) is 6.54 Å². The molecule has 0 aliphatic carbocycles. The maximum Gasteiger partial charge on any atom is 0.248 e. The lowest BCUT2D eigenvalue weighted by molar-refractivity contribution is -0.117. The molecule has 1 heterocycles. The Hall–Kier alpha value is -3.55. The first-order chi connectivity index (χ1) is 12.1. The first-order valence-electron chi connectivity index (χ1n) is 7.61. The van der Waals surface area contributed by atoms with Crippen LogP contribution in [0.5, 0.6) is 0 Å². The quantitative estimate of drug-likeness (QED) is 0.741. The molecule has 0 unspecified atom stereocenters. The topological polar surface area (TPSA) is 102 Å². The zero-order valence-corrected chi connectivity index (χ0v) is 13.5. The molecule has 3 aromatic rings. The van der Waals surface area contributed by atoms with E-state index in [1.165, 1.54) is 11.7 Å². The maximum absolute atomic E-state index is 12.1. The van der Waals surface area contributed by atoms with Crippen LogP contribution < -0.4 is 10.6 Å². The van der Waals surface area contributed by atoms with E-state index in [1.54, 1.807) is 24.3 Å². The van der Waals surface area contributed by atoms with E-state index >= 15 is 0 Å². The fraction of sp³-hybridized carbons (Fsp3) is 0.118. The van der Waals surface area contributed by atoms with Gasteiger partial charge in [0, 0.05) is 23.9 Å². The molecule has 0 radical (unpaired) electrons. The molecule has 0 aliphatic rings. The Balaban J connectivity index is 1.63. The number of rotatable bonds is 5. The fourth-order valence-electron chi connectivity index (χ4n) is 2.22. The number of nitrogens with zero attached hydrogens (tertiary/aromatic N) is 4. The molecule has 1 aromatic heterocycles. The lowest BCUT2D eigenvalue weighted by Crippen LogP contribution is -2.20. The third kappa shape index (κ3) is 4.47. The molecule has 0 aliphatic heterocycles. The van der Waals surface area contributed by atoms with Gasteiger partial charge in [-0.15, -0.1) is 10.2 Å². The highest BCUT2D eigenvalue weighted by Gasteiger charge is 2.09. The Labute approximate surface area is 143 Å². The van der Waals surface area contributed by atoms with E-state index in [9.17, 15) is 9.59 Å². The zero-order chi connectivity index (χ0) is 17.6. The Morgan fingerprint density at radius 3 is 2.44 bits per heavy atom. The monoisotopic (exact) mass is 336 g/mol. The van der Waals surface area contributed by atoms with Gasteiger partial charge in [0.15, 0.2) is 0 Å². The predicted octanol–water partition coefficient (Wildman–Crippen LogP) is 1.94. The number of hydrogen-bond acceptors (Lipinski definition) is 5. The second-order valence-electron chi connectivity index (χ2n) is 5.32. The van der Waals surface area contributed by atoms with E-state index in [0.29, 0.717) is 17.2 Å². The minimum atomic E-state index is -0.294. The van der Waals surface area contributed by atoms with Crippen molar-refractivity contribution in [2.45, 2.75) is 13.5 Å². The van der Waals surface area contributed by atoms with Gasteiger partial charge in [-0.1, -0.05) is 36.4 Å². The summed E-state index contributed by atoms with van der Waals surface area (Å²) in [5.74, 6) is -0.0122. The Morgan fingerprint density at radius 2 is 1.72 bits per heavy atom. The van der Waals surface area contributed by atoms with Gasteiger partial charge in [-0.3, -0.25) is 9.59 Å². The summed E-state index contributed by atoms with van der Waals surface area (Å²) < 4.78 is 0. The third-order valence-corrected chi connectivity index (χ3v) is 3.24. The van der Waals surface area contributed by atoms with Crippen LogP contribution in [0.3, 0.4) is 0 Å². The van der Waals surface area contributed by atoms with Crippen LogP contribution in [0, 0.1) is 0 Å². The van der Waals surface area contributed by atoms with E-state index < -0.39 is 0 Å². The number of carbonyl (C=O) groups excluding carboxylic acids is 2. The van der Waals surface area contributed by atoms with Crippen molar-refractivity contribution in [3.05, 3.63) is 54.6 Å². The maximum atomic E-state index is 12.1. The van der Waals surface area contributed by atoms with E-state index in [1.807, 2.05) is 30.3 Å². The summed E-state index contributed by atoms with van der Waals surface area (Å²) in [7, 11) is 0. The first kappa shape index (κ1) is 16.3. The summed E-state index contributed by atoms with van der Waals surface area (Å²) in [4.78, 5) is 24.4. The highest BCUT2D eigenvalue weighted by Crippen LogP contribution is 2.15. The zero-order valence-electron chi connectivity index (χ0n) is 13.5. The predicted molar refractivity (Wildman–Crippen MR) is 92.6 cm³/mol. The number of carbonyl (C=O) groups is 2. The number of nitrogens with one attached hydrogen (secondary N) is 2. The minimum Gasteiger partial charge on any atom is -0.326 e. The summed E-state index contributed by atoms with van der Waals surface area (Å²) in [5.41, 5.74) is 2.01. The van der Waals surface area contributed by atoms with Crippen LogP contribution in [0.1, 0.15) is 6.92 Å². The van der Waals surface area contributed by atoms with Crippen LogP contribution in [0.25, 0.3) is 11.4 Å². The fourth-order valence-corrected chi connectivity index (χ4v) is 2.22. The number of benzene rings is 2. The molecular weight excluding hydrogens is 320 g/mol. The van der Waals surface area contributed by atoms with Gasteiger partial charge in [0.05, 0.1) is 0 Å². The molecule has 25 heavy (non-hydrogen) atoms. The van der Waals surface area contributed by atoms with E-state index in [4.69, 9.17) is 0 Å². The van der Waals surface area contributed by atoms with Gasteiger partial charge in [0.2, 0.25) is 17.6 Å². The van der Waals surface area contributed by atoms with Gasteiger partial charge in [-0.05, 0) is 23.4 Å². The minimum absolute atomic E-state index is 0.0653. The molecule has 8 nitrogen and oxygen atoms in total. The molecule has 0 spiro atoms. The first-order valence-corrected chi connectivity index (χ1v) is 7.61. The Kier molecular flexibility index (Phi) is 4.79. The van der Waals surface area contributed by atoms with Crippen molar-refractivity contribution >= 4 is 23.2 Å². The molecule has 8 heteroatoms. The molecule has 0 bridgehead atoms. The Morgan fingerprint density at radius 1 is 1.00 bits per heavy atom. The molecule has 0 saturated carbocycles. The highest BCUT2D eigenvalue weighted by molar-refractivity contribution is 5.93. The summed E-state index contributed by atoms with van der Waals surface area (Å²) in [6.45, 7) is 1.36. The van der Waals surface area contributed by atoms with E-state index in [-0.39, 0.29) is 18.4 Å². The molecule has 2 amide bonds. The largest absolute Gasteiger partial charge is 0.326 e. The average molecular weight is 336 g/mol. The number of hydrogen-bond donors (Lipinski definition) is 2. The molecule has 0 saturated heterocycles. The van der Waals surface area contributed by atoms with Crippen LogP contribution in [-0.2, 0) is 16.1 Å². The second-order valence-corrected chi connectivity index (χ2v) is 5.32. The molecular formula is C17H16N6O2. The van der Waals surface area contributed by atoms with E-state index in [2.05, 4.69) is 26.0 Å². The molecule has 0 fully saturated rings. The van der Waals surface area contributed by atoms with E-state index in [0.717, 1.165) is 5.56 Å². The third-order valence-electron chi connectivity index (χ3n) is 3.24. The van der Waals surface area contributed by atoms with Crippen LogP contribution >= 0.6 is 0 Å². The van der Waals surface area contributed by atoms with Crippen molar-refractivity contribution in [3.8, 4) is 11.4 Å². The molecule has 0 atom stereocenters. The number of tetrazole rings is 1. The molecule has 3 rings (SSSR count). The van der Waals surface area contributed by atoms with Crippen LogP contribution in [-0.4, -0.2) is 32.0 Å². The average Bonchev–Trinajstić information content (AvgIpc) is 3.03. The van der Waals surface area contributed by atoms with Gasteiger partial charge in [-0.25, -0.2) is 0 Å². The lowest BCUT2D eigenvalue weighted by Gasteiger charge is -2.07. The normalized spacial score (nSPS) is 10.3. The SMILES string of the molecule is CC(=O)Nc1cccc(NC(=O)Cn2nnc(-c3ccccc3)n2)c1. The number of anilines is 2. The molecule has 126 valence electrons. The number of aromatic nitrogens is 4. The van der Waals surface area contributed by atoms with Crippen molar-refractivity contribution in [2.24, 2.45) is 0 Å². The number of amides is 2. The highest BCUT2D eigenvalue weighted by atomic mass is 16.2. The van der Waals surface area contributed by atoms with Gasteiger partial charge >= 0.3 is 0 Å². The summed E-state index contributed by atoms with van der Waals surface area (Å²) in [6, 6.07) is 16.3. The second kappa shape index (κ2) is 7.35. The Bertz CT molecular complexity index is 891. The van der Waals surface area contributed by atoms with Gasteiger partial charge in [0.25, 0.3) is 0 Å². The van der Waals surface area contributed by atoms with Crippen LogP contribution in [0.2, 0.25) is 0 Å². The van der Waals surface area contributed by atoms with Crippen molar-refractivity contribution in [2.75, 3.05) is 10.6 Å². The smallest absolute Gasteiger partial charge is 0.248 e.